The monoisotopic (exact) mass is 361 g/mol. The normalized spacial score (nSPS) is 14.0. The number of para-hydroxylation sites is 2. The highest BCUT2D eigenvalue weighted by Crippen LogP contribution is 2.29. The highest BCUT2D eigenvalue weighted by Gasteiger charge is 2.14. The van der Waals surface area contributed by atoms with E-state index in [9.17, 15) is 0 Å². The number of aromatic nitrogens is 2. The van der Waals surface area contributed by atoms with Crippen molar-refractivity contribution in [3.05, 3.63) is 66.4 Å². The smallest absolute Gasteiger partial charge is 0.229 e. The van der Waals surface area contributed by atoms with Crippen LogP contribution in [0.3, 0.4) is 0 Å². The average molecular weight is 361 g/mol. The molecule has 6 nitrogen and oxygen atoms in total. The van der Waals surface area contributed by atoms with Crippen molar-refractivity contribution < 1.29 is 4.74 Å². The molecule has 3 aromatic rings. The van der Waals surface area contributed by atoms with E-state index in [4.69, 9.17) is 4.74 Å². The largest absolute Gasteiger partial charge is 0.378 e. The number of nitrogens with zero attached hydrogens (tertiary/aromatic N) is 3. The van der Waals surface area contributed by atoms with E-state index in [0.29, 0.717) is 5.95 Å². The lowest BCUT2D eigenvalue weighted by molar-refractivity contribution is 0.123. The number of rotatable bonds is 5. The maximum absolute atomic E-state index is 5.47. The molecular formula is C21H23N5O. The number of aryl methyl sites for hydroxylation is 1. The molecule has 1 aliphatic heterocycles. The van der Waals surface area contributed by atoms with Gasteiger partial charge >= 0.3 is 0 Å². The average Bonchev–Trinajstić information content (AvgIpc) is 2.71. The summed E-state index contributed by atoms with van der Waals surface area (Å²) in [4.78, 5) is 11.2. The molecule has 2 heterocycles. The first kappa shape index (κ1) is 17.3. The van der Waals surface area contributed by atoms with Gasteiger partial charge in [-0.15, -0.1) is 0 Å². The molecule has 0 radical (unpaired) electrons. The summed E-state index contributed by atoms with van der Waals surface area (Å²) < 4.78 is 5.47. The van der Waals surface area contributed by atoms with Gasteiger partial charge in [0.05, 0.1) is 24.6 Å². The number of ether oxygens (including phenoxy) is 1. The number of nitrogens with one attached hydrogen (secondary N) is 2. The summed E-state index contributed by atoms with van der Waals surface area (Å²) in [6.07, 6.45) is 1.75. The topological polar surface area (TPSA) is 62.3 Å². The molecule has 27 heavy (non-hydrogen) atoms. The fourth-order valence-corrected chi connectivity index (χ4v) is 3.05. The van der Waals surface area contributed by atoms with Crippen LogP contribution in [0, 0.1) is 6.92 Å². The minimum Gasteiger partial charge on any atom is -0.378 e. The second-order valence-electron chi connectivity index (χ2n) is 6.50. The van der Waals surface area contributed by atoms with Gasteiger partial charge < -0.3 is 20.3 Å². The fourth-order valence-electron chi connectivity index (χ4n) is 3.05. The molecule has 2 N–H and O–H groups in total. The molecule has 0 spiro atoms. The van der Waals surface area contributed by atoms with E-state index in [2.05, 4.69) is 62.8 Å². The van der Waals surface area contributed by atoms with Gasteiger partial charge in [0.15, 0.2) is 0 Å². The van der Waals surface area contributed by atoms with Crippen LogP contribution in [0.4, 0.5) is 28.8 Å². The highest BCUT2D eigenvalue weighted by molar-refractivity contribution is 5.74. The zero-order chi connectivity index (χ0) is 18.5. The summed E-state index contributed by atoms with van der Waals surface area (Å²) in [5.41, 5.74) is 4.37. The molecule has 0 atom stereocenters. The molecule has 0 saturated carbocycles. The Kier molecular flexibility index (Phi) is 5.16. The van der Waals surface area contributed by atoms with Crippen molar-refractivity contribution >= 4 is 28.8 Å². The second-order valence-corrected chi connectivity index (χ2v) is 6.50. The minimum absolute atomic E-state index is 0.563. The zero-order valence-electron chi connectivity index (χ0n) is 15.4. The molecule has 0 bridgehead atoms. The first-order valence-electron chi connectivity index (χ1n) is 9.13. The van der Waals surface area contributed by atoms with Gasteiger partial charge in [-0.25, -0.2) is 4.98 Å². The predicted octanol–water partition coefficient (Wildman–Crippen LogP) is 4.11. The van der Waals surface area contributed by atoms with Crippen molar-refractivity contribution in [2.24, 2.45) is 0 Å². The summed E-state index contributed by atoms with van der Waals surface area (Å²) in [5.74, 6) is 1.31. The van der Waals surface area contributed by atoms with Gasteiger partial charge in [-0.3, -0.25) is 0 Å². The summed E-state index contributed by atoms with van der Waals surface area (Å²) in [5, 5.41) is 6.68. The lowest BCUT2D eigenvalue weighted by atomic mass is 10.2. The third-order valence-electron chi connectivity index (χ3n) is 4.48. The lowest BCUT2D eigenvalue weighted by Crippen LogP contribution is -2.36. The van der Waals surface area contributed by atoms with Gasteiger partial charge in [0.1, 0.15) is 5.82 Å². The van der Waals surface area contributed by atoms with Gasteiger partial charge in [-0.1, -0.05) is 29.8 Å². The van der Waals surface area contributed by atoms with Gasteiger partial charge in [-0.05, 0) is 37.3 Å². The van der Waals surface area contributed by atoms with Crippen molar-refractivity contribution in [1.29, 1.82) is 0 Å². The number of hydrogen-bond donors (Lipinski definition) is 2. The molecule has 138 valence electrons. The maximum Gasteiger partial charge on any atom is 0.229 e. The van der Waals surface area contributed by atoms with Crippen molar-refractivity contribution in [3.8, 4) is 0 Å². The lowest BCUT2D eigenvalue weighted by Gasteiger charge is -2.30. The SMILES string of the molecule is Cc1ccc(Nc2nccc(Nc3ccccc3N3CCOCC3)n2)cc1. The standard InChI is InChI=1S/C21H23N5O/c1-16-6-8-17(9-7-16)23-21-22-11-10-20(25-21)24-18-4-2-3-5-19(18)26-12-14-27-15-13-26/h2-11H,12-15H2,1H3,(H2,22,23,24,25). The van der Waals surface area contributed by atoms with Crippen LogP contribution in [-0.4, -0.2) is 36.3 Å². The molecule has 0 aliphatic carbocycles. The van der Waals surface area contributed by atoms with Crippen molar-refractivity contribution in [1.82, 2.24) is 9.97 Å². The van der Waals surface area contributed by atoms with E-state index in [0.717, 1.165) is 49.2 Å². The number of hydrogen-bond acceptors (Lipinski definition) is 6. The summed E-state index contributed by atoms with van der Waals surface area (Å²) >= 11 is 0. The van der Waals surface area contributed by atoms with Crippen molar-refractivity contribution in [3.63, 3.8) is 0 Å². The Morgan fingerprint density at radius 2 is 1.70 bits per heavy atom. The summed E-state index contributed by atoms with van der Waals surface area (Å²) in [7, 11) is 0. The van der Waals surface area contributed by atoms with E-state index in [1.165, 1.54) is 5.56 Å². The van der Waals surface area contributed by atoms with Crippen LogP contribution in [0.15, 0.2) is 60.8 Å². The van der Waals surface area contributed by atoms with E-state index in [1.807, 2.05) is 24.3 Å². The molecular weight excluding hydrogens is 338 g/mol. The van der Waals surface area contributed by atoms with Crippen LogP contribution < -0.4 is 15.5 Å². The van der Waals surface area contributed by atoms with Crippen molar-refractivity contribution in [2.45, 2.75) is 6.92 Å². The third kappa shape index (κ3) is 4.35. The molecule has 4 rings (SSSR count). The Bertz CT molecular complexity index is 891. The Balaban J connectivity index is 1.52. The third-order valence-corrected chi connectivity index (χ3v) is 4.48. The van der Waals surface area contributed by atoms with E-state index < -0.39 is 0 Å². The highest BCUT2D eigenvalue weighted by atomic mass is 16.5. The molecule has 1 fully saturated rings. The number of morpholine rings is 1. The molecule has 0 unspecified atom stereocenters. The van der Waals surface area contributed by atoms with Gasteiger partial charge in [0, 0.05) is 25.0 Å². The van der Waals surface area contributed by atoms with Crippen molar-refractivity contribution in [2.75, 3.05) is 41.8 Å². The molecule has 6 heteroatoms. The number of benzene rings is 2. The molecule has 1 aromatic heterocycles. The fraction of sp³-hybridized carbons (Fsp3) is 0.238. The van der Waals surface area contributed by atoms with Gasteiger partial charge in [0.2, 0.25) is 5.95 Å². The van der Waals surface area contributed by atoms with Crippen LogP contribution in [0.2, 0.25) is 0 Å². The second kappa shape index (κ2) is 8.05. The summed E-state index contributed by atoms with van der Waals surface area (Å²) in [6.45, 7) is 5.36. The predicted molar refractivity (Wildman–Crippen MR) is 109 cm³/mol. The Hall–Kier alpha value is -3.12. The minimum atomic E-state index is 0.563. The van der Waals surface area contributed by atoms with E-state index in [1.54, 1.807) is 6.20 Å². The van der Waals surface area contributed by atoms with Crippen LogP contribution in [0.1, 0.15) is 5.56 Å². The molecule has 2 aromatic carbocycles. The Morgan fingerprint density at radius 3 is 2.52 bits per heavy atom. The Labute approximate surface area is 159 Å². The maximum atomic E-state index is 5.47. The Morgan fingerprint density at radius 1 is 0.926 bits per heavy atom. The molecule has 1 saturated heterocycles. The zero-order valence-corrected chi connectivity index (χ0v) is 15.4. The van der Waals surface area contributed by atoms with Crippen LogP contribution in [-0.2, 0) is 4.74 Å². The molecule has 0 amide bonds. The summed E-state index contributed by atoms with van der Waals surface area (Å²) in [6, 6.07) is 18.3. The first-order chi connectivity index (χ1) is 13.3. The molecule has 1 aliphatic rings. The van der Waals surface area contributed by atoms with Gasteiger partial charge in [0.25, 0.3) is 0 Å². The van der Waals surface area contributed by atoms with Crippen LogP contribution in [0.25, 0.3) is 0 Å². The first-order valence-corrected chi connectivity index (χ1v) is 9.13. The van der Waals surface area contributed by atoms with Crippen LogP contribution >= 0.6 is 0 Å². The number of anilines is 5. The van der Waals surface area contributed by atoms with E-state index in [-0.39, 0.29) is 0 Å². The van der Waals surface area contributed by atoms with Gasteiger partial charge in [-0.2, -0.15) is 4.98 Å². The van der Waals surface area contributed by atoms with Crippen LogP contribution in [0.5, 0.6) is 0 Å². The quantitative estimate of drug-likeness (QED) is 0.713. The van der Waals surface area contributed by atoms with E-state index >= 15 is 0 Å².